The number of aromatic nitrogens is 2. The van der Waals surface area contributed by atoms with Gasteiger partial charge in [0.2, 0.25) is 5.95 Å². The van der Waals surface area contributed by atoms with E-state index in [2.05, 4.69) is 20.6 Å². The Labute approximate surface area is 161 Å². The van der Waals surface area contributed by atoms with Crippen molar-refractivity contribution in [1.82, 2.24) is 9.97 Å². The molecule has 0 fully saturated rings. The van der Waals surface area contributed by atoms with E-state index in [0.717, 1.165) is 23.2 Å². The summed E-state index contributed by atoms with van der Waals surface area (Å²) in [4.78, 5) is 8.26. The van der Waals surface area contributed by atoms with Crippen molar-refractivity contribution < 1.29 is 18.6 Å². The number of halogens is 1. The summed E-state index contributed by atoms with van der Waals surface area (Å²) in [6.45, 7) is 2.93. The number of methoxy groups -OCH3 is 1. The van der Waals surface area contributed by atoms with Crippen LogP contribution in [0.5, 0.6) is 17.2 Å². The normalized spacial score (nSPS) is 12.4. The van der Waals surface area contributed by atoms with Crippen molar-refractivity contribution in [1.29, 1.82) is 0 Å². The third kappa shape index (κ3) is 3.75. The van der Waals surface area contributed by atoms with E-state index in [1.165, 1.54) is 0 Å². The van der Waals surface area contributed by atoms with Gasteiger partial charge in [-0.15, -0.1) is 0 Å². The molecule has 2 N–H and O–H groups in total. The van der Waals surface area contributed by atoms with Crippen LogP contribution in [0.25, 0.3) is 0 Å². The number of rotatable bonds is 5. The average molecular weight is 382 g/mol. The predicted molar refractivity (Wildman–Crippen MR) is 104 cm³/mol. The molecule has 2 aromatic carbocycles. The zero-order chi connectivity index (χ0) is 19.5. The highest BCUT2D eigenvalue weighted by Crippen LogP contribution is 2.34. The second-order valence-corrected chi connectivity index (χ2v) is 6.18. The SMILES string of the molecule is COc1ccc(Nc2ncc(F)c(Nc3ccc4c(c3)OCCO4)n2)c(C)c1. The van der Waals surface area contributed by atoms with Gasteiger partial charge in [0.15, 0.2) is 23.1 Å². The van der Waals surface area contributed by atoms with Crippen molar-refractivity contribution in [2.24, 2.45) is 0 Å². The Hall–Kier alpha value is -3.55. The van der Waals surface area contributed by atoms with E-state index < -0.39 is 5.82 Å². The molecule has 4 rings (SSSR count). The summed E-state index contributed by atoms with van der Waals surface area (Å²) < 4.78 is 30.5. The van der Waals surface area contributed by atoms with Gasteiger partial charge in [0, 0.05) is 17.4 Å². The van der Waals surface area contributed by atoms with Crippen LogP contribution >= 0.6 is 0 Å². The minimum absolute atomic E-state index is 0.0559. The maximum atomic E-state index is 14.2. The lowest BCUT2D eigenvalue weighted by molar-refractivity contribution is 0.171. The molecule has 28 heavy (non-hydrogen) atoms. The number of ether oxygens (including phenoxy) is 3. The molecule has 8 heteroatoms. The minimum atomic E-state index is -0.563. The summed E-state index contributed by atoms with van der Waals surface area (Å²) in [5, 5.41) is 6.06. The van der Waals surface area contributed by atoms with E-state index in [0.29, 0.717) is 30.4 Å². The van der Waals surface area contributed by atoms with E-state index in [9.17, 15) is 4.39 Å². The van der Waals surface area contributed by atoms with Gasteiger partial charge in [-0.1, -0.05) is 0 Å². The Balaban J connectivity index is 1.56. The fourth-order valence-electron chi connectivity index (χ4n) is 2.80. The molecule has 144 valence electrons. The molecule has 0 spiro atoms. The number of hydrogen-bond donors (Lipinski definition) is 2. The monoisotopic (exact) mass is 382 g/mol. The first-order valence-corrected chi connectivity index (χ1v) is 8.73. The number of aryl methyl sites for hydroxylation is 1. The van der Waals surface area contributed by atoms with E-state index in [1.807, 2.05) is 25.1 Å². The van der Waals surface area contributed by atoms with Crippen LogP contribution in [0.4, 0.5) is 27.5 Å². The topological polar surface area (TPSA) is 77.5 Å². The summed E-state index contributed by atoms with van der Waals surface area (Å²) in [6, 6.07) is 10.9. The number of benzene rings is 2. The average Bonchev–Trinajstić information content (AvgIpc) is 2.72. The molecule has 0 bridgehead atoms. The van der Waals surface area contributed by atoms with Gasteiger partial charge in [-0.05, 0) is 42.8 Å². The molecule has 0 saturated heterocycles. The van der Waals surface area contributed by atoms with Gasteiger partial charge in [0.1, 0.15) is 19.0 Å². The third-order valence-electron chi connectivity index (χ3n) is 4.23. The Morgan fingerprint density at radius 2 is 1.86 bits per heavy atom. The Morgan fingerprint density at radius 1 is 1.04 bits per heavy atom. The van der Waals surface area contributed by atoms with Crippen molar-refractivity contribution in [2.75, 3.05) is 31.0 Å². The van der Waals surface area contributed by atoms with Gasteiger partial charge in [-0.25, -0.2) is 9.37 Å². The van der Waals surface area contributed by atoms with Gasteiger partial charge in [-0.3, -0.25) is 0 Å². The summed E-state index contributed by atoms with van der Waals surface area (Å²) in [5.74, 6) is 1.79. The highest BCUT2D eigenvalue weighted by Gasteiger charge is 2.14. The van der Waals surface area contributed by atoms with Crippen LogP contribution in [-0.2, 0) is 0 Å². The van der Waals surface area contributed by atoms with Gasteiger partial charge < -0.3 is 24.8 Å². The lowest BCUT2D eigenvalue weighted by Gasteiger charge is -2.19. The molecule has 1 aliphatic rings. The zero-order valence-corrected chi connectivity index (χ0v) is 15.5. The Bertz CT molecular complexity index is 1010. The summed E-state index contributed by atoms with van der Waals surface area (Å²) >= 11 is 0. The van der Waals surface area contributed by atoms with Gasteiger partial charge in [0.05, 0.1) is 13.3 Å². The van der Waals surface area contributed by atoms with E-state index >= 15 is 0 Å². The number of fused-ring (bicyclic) bond motifs is 1. The third-order valence-corrected chi connectivity index (χ3v) is 4.23. The fraction of sp³-hybridized carbons (Fsp3) is 0.200. The van der Waals surface area contributed by atoms with E-state index in [1.54, 1.807) is 25.3 Å². The molecule has 0 unspecified atom stereocenters. The van der Waals surface area contributed by atoms with Crippen LogP contribution in [0.2, 0.25) is 0 Å². The van der Waals surface area contributed by atoms with Crippen molar-refractivity contribution in [2.45, 2.75) is 6.92 Å². The molecule has 0 saturated carbocycles. The molecular formula is C20H19FN4O3. The summed E-state index contributed by atoms with van der Waals surface area (Å²) in [5.41, 5.74) is 2.39. The summed E-state index contributed by atoms with van der Waals surface area (Å²) in [6.07, 6.45) is 1.12. The van der Waals surface area contributed by atoms with Gasteiger partial charge in [0.25, 0.3) is 0 Å². The molecule has 2 heterocycles. The zero-order valence-electron chi connectivity index (χ0n) is 15.5. The maximum absolute atomic E-state index is 14.2. The first-order chi connectivity index (χ1) is 13.6. The van der Waals surface area contributed by atoms with E-state index in [4.69, 9.17) is 14.2 Å². The van der Waals surface area contributed by atoms with Crippen molar-refractivity contribution in [3.8, 4) is 17.2 Å². The highest BCUT2D eigenvalue weighted by atomic mass is 19.1. The van der Waals surface area contributed by atoms with E-state index in [-0.39, 0.29) is 11.8 Å². The molecule has 0 aliphatic carbocycles. The number of nitrogens with zero attached hydrogens (tertiary/aromatic N) is 2. The second-order valence-electron chi connectivity index (χ2n) is 6.18. The molecule has 0 radical (unpaired) electrons. The highest BCUT2D eigenvalue weighted by molar-refractivity contribution is 5.64. The van der Waals surface area contributed by atoms with Crippen LogP contribution in [0.3, 0.4) is 0 Å². The van der Waals surface area contributed by atoms with Gasteiger partial charge >= 0.3 is 0 Å². The minimum Gasteiger partial charge on any atom is -0.497 e. The van der Waals surface area contributed by atoms with Crippen molar-refractivity contribution in [3.63, 3.8) is 0 Å². The smallest absolute Gasteiger partial charge is 0.229 e. The van der Waals surface area contributed by atoms with Crippen LogP contribution in [0.15, 0.2) is 42.6 Å². The molecule has 3 aromatic rings. The summed E-state index contributed by atoms with van der Waals surface area (Å²) in [7, 11) is 1.61. The van der Waals surface area contributed by atoms with Crippen LogP contribution < -0.4 is 24.8 Å². The molecule has 1 aliphatic heterocycles. The molecule has 7 nitrogen and oxygen atoms in total. The lowest BCUT2D eigenvalue weighted by atomic mass is 10.2. The molecule has 0 amide bonds. The second kappa shape index (κ2) is 7.59. The standard InChI is InChI=1S/C20H19FN4O3/c1-12-9-14(26-2)4-5-16(12)24-20-22-11-15(21)19(25-20)23-13-3-6-17-18(10-13)28-8-7-27-17/h3-6,9-11H,7-8H2,1-2H3,(H2,22,23,24,25). The largest absolute Gasteiger partial charge is 0.497 e. The molecular weight excluding hydrogens is 363 g/mol. The van der Waals surface area contributed by atoms with Crippen molar-refractivity contribution >= 4 is 23.1 Å². The molecule has 0 atom stereocenters. The molecule has 1 aromatic heterocycles. The quantitative estimate of drug-likeness (QED) is 0.685. The first-order valence-electron chi connectivity index (χ1n) is 8.73. The van der Waals surface area contributed by atoms with Crippen LogP contribution in [0, 0.1) is 12.7 Å². The maximum Gasteiger partial charge on any atom is 0.229 e. The van der Waals surface area contributed by atoms with Gasteiger partial charge in [-0.2, -0.15) is 4.98 Å². The predicted octanol–water partition coefficient (Wildman–Crippen LogP) is 4.19. The fourth-order valence-corrected chi connectivity index (χ4v) is 2.80. The van der Waals surface area contributed by atoms with Crippen LogP contribution in [0.1, 0.15) is 5.56 Å². The van der Waals surface area contributed by atoms with Crippen molar-refractivity contribution in [3.05, 3.63) is 54.0 Å². The number of hydrogen-bond acceptors (Lipinski definition) is 7. The number of nitrogens with one attached hydrogen (secondary N) is 2. The Kier molecular flexibility index (Phi) is 4.84. The first kappa shape index (κ1) is 17.8. The lowest BCUT2D eigenvalue weighted by Crippen LogP contribution is -2.15. The number of anilines is 4. The Morgan fingerprint density at radius 3 is 2.64 bits per heavy atom. The van der Waals surface area contributed by atoms with Crippen LogP contribution in [-0.4, -0.2) is 30.3 Å².